The highest BCUT2D eigenvalue weighted by Gasteiger charge is 2.14. The monoisotopic (exact) mass is 333 g/mol. The molecule has 0 aliphatic rings. The largest absolute Gasteiger partial charge is 0.399 e. The topological polar surface area (TPSA) is 69.6 Å². The number of rotatable bonds is 2. The molecular formula is C13H9BrFN5. The van der Waals surface area contributed by atoms with Crippen molar-refractivity contribution in [1.29, 1.82) is 0 Å². The first-order valence-electron chi connectivity index (χ1n) is 5.75. The summed E-state index contributed by atoms with van der Waals surface area (Å²) in [6.45, 7) is 0. The third-order valence-corrected chi connectivity index (χ3v) is 3.25. The molecule has 3 rings (SSSR count). The second kappa shape index (κ2) is 5.01. The summed E-state index contributed by atoms with van der Waals surface area (Å²) in [5.74, 6) is 0.00958. The van der Waals surface area contributed by atoms with Crippen LogP contribution in [0.25, 0.3) is 17.1 Å². The molecule has 0 radical (unpaired) electrons. The van der Waals surface area contributed by atoms with Gasteiger partial charge in [-0.05, 0) is 40.8 Å². The number of hydrogen-bond donors (Lipinski definition) is 1. The number of nitrogens with two attached hydrogens (primary N) is 1. The second-order valence-electron chi connectivity index (χ2n) is 4.14. The molecule has 5 nitrogen and oxygen atoms in total. The number of aromatic nitrogens is 4. The molecular weight excluding hydrogens is 325 g/mol. The lowest BCUT2D eigenvalue weighted by Gasteiger charge is -2.06. The number of benzene rings is 2. The van der Waals surface area contributed by atoms with Gasteiger partial charge in [0.15, 0.2) is 5.82 Å². The van der Waals surface area contributed by atoms with E-state index in [9.17, 15) is 4.39 Å². The average Bonchev–Trinajstić information content (AvgIpc) is 2.87. The summed E-state index contributed by atoms with van der Waals surface area (Å²) in [5.41, 5.74) is 7.33. The number of hydrogen-bond acceptors (Lipinski definition) is 4. The van der Waals surface area contributed by atoms with Gasteiger partial charge in [0.25, 0.3) is 0 Å². The minimum atomic E-state index is -0.420. The maximum atomic E-state index is 14.0. The van der Waals surface area contributed by atoms with Gasteiger partial charge in [0.1, 0.15) is 11.5 Å². The van der Waals surface area contributed by atoms with E-state index in [1.54, 1.807) is 30.3 Å². The molecule has 0 saturated carbocycles. The first-order valence-corrected chi connectivity index (χ1v) is 6.54. The van der Waals surface area contributed by atoms with Gasteiger partial charge < -0.3 is 5.73 Å². The summed E-state index contributed by atoms with van der Waals surface area (Å²) in [6, 6.07) is 11.8. The molecule has 20 heavy (non-hydrogen) atoms. The summed E-state index contributed by atoms with van der Waals surface area (Å²) in [7, 11) is 0. The molecule has 0 saturated heterocycles. The lowest BCUT2D eigenvalue weighted by Crippen LogP contribution is -2.02. The zero-order valence-corrected chi connectivity index (χ0v) is 11.7. The van der Waals surface area contributed by atoms with E-state index >= 15 is 0 Å². The van der Waals surface area contributed by atoms with Crippen molar-refractivity contribution in [3.8, 4) is 17.1 Å². The highest BCUT2D eigenvalue weighted by atomic mass is 79.9. The van der Waals surface area contributed by atoms with Crippen molar-refractivity contribution in [3.63, 3.8) is 0 Å². The lowest BCUT2D eigenvalue weighted by atomic mass is 10.2. The molecule has 0 spiro atoms. The Balaban J connectivity index is 2.15. The van der Waals surface area contributed by atoms with Gasteiger partial charge in [0, 0.05) is 15.7 Å². The van der Waals surface area contributed by atoms with Gasteiger partial charge in [0.2, 0.25) is 0 Å². The Labute approximate surface area is 122 Å². The minimum absolute atomic E-state index is 0.274. The number of nitrogen functional groups attached to an aromatic ring is 1. The van der Waals surface area contributed by atoms with Crippen molar-refractivity contribution in [2.24, 2.45) is 0 Å². The smallest absolute Gasteiger partial charge is 0.187 e. The van der Waals surface area contributed by atoms with Crippen LogP contribution in [0.2, 0.25) is 0 Å². The van der Waals surface area contributed by atoms with Crippen LogP contribution in [0, 0.1) is 5.82 Å². The van der Waals surface area contributed by atoms with Gasteiger partial charge >= 0.3 is 0 Å². The van der Waals surface area contributed by atoms with Crippen LogP contribution in [0.4, 0.5) is 10.1 Å². The number of anilines is 1. The predicted molar refractivity (Wildman–Crippen MR) is 76.7 cm³/mol. The van der Waals surface area contributed by atoms with E-state index in [0.29, 0.717) is 16.0 Å². The quantitative estimate of drug-likeness (QED) is 0.732. The van der Waals surface area contributed by atoms with Crippen LogP contribution in [0.5, 0.6) is 0 Å². The van der Waals surface area contributed by atoms with E-state index < -0.39 is 5.82 Å². The van der Waals surface area contributed by atoms with E-state index in [-0.39, 0.29) is 5.69 Å². The molecule has 2 N–H and O–H groups in total. The van der Waals surface area contributed by atoms with Crippen LogP contribution in [0.1, 0.15) is 0 Å². The van der Waals surface area contributed by atoms with Crippen molar-refractivity contribution in [1.82, 2.24) is 20.2 Å². The minimum Gasteiger partial charge on any atom is -0.399 e. The van der Waals surface area contributed by atoms with E-state index in [1.807, 2.05) is 6.07 Å². The van der Waals surface area contributed by atoms with E-state index in [4.69, 9.17) is 5.73 Å². The van der Waals surface area contributed by atoms with Crippen molar-refractivity contribution >= 4 is 21.6 Å². The molecule has 0 unspecified atom stereocenters. The highest BCUT2D eigenvalue weighted by Crippen LogP contribution is 2.24. The molecule has 0 aliphatic heterocycles. The third kappa shape index (κ3) is 2.27. The maximum Gasteiger partial charge on any atom is 0.187 e. The molecule has 0 aliphatic carbocycles. The first kappa shape index (κ1) is 12.7. The molecule has 100 valence electrons. The SMILES string of the molecule is Nc1cccc(-c2nnnn2-c2ccc(Br)cc2F)c1. The van der Waals surface area contributed by atoms with Gasteiger partial charge in [-0.1, -0.05) is 28.1 Å². The Morgan fingerprint density at radius 3 is 2.75 bits per heavy atom. The van der Waals surface area contributed by atoms with Gasteiger partial charge in [0.05, 0.1) is 0 Å². The Hall–Kier alpha value is -2.28. The molecule has 3 aromatic rings. The van der Waals surface area contributed by atoms with Crippen molar-refractivity contribution in [2.45, 2.75) is 0 Å². The highest BCUT2D eigenvalue weighted by molar-refractivity contribution is 9.10. The number of tetrazole rings is 1. The molecule has 0 atom stereocenters. The van der Waals surface area contributed by atoms with Crippen LogP contribution in [0.3, 0.4) is 0 Å². The number of halogens is 2. The van der Waals surface area contributed by atoms with Crippen LogP contribution < -0.4 is 5.73 Å². The predicted octanol–water partition coefficient (Wildman–Crippen LogP) is 2.81. The summed E-state index contributed by atoms with van der Waals surface area (Å²) in [4.78, 5) is 0. The van der Waals surface area contributed by atoms with E-state index in [0.717, 1.165) is 5.56 Å². The van der Waals surface area contributed by atoms with Crippen LogP contribution in [0.15, 0.2) is 46.9 Å². The van der Waals surface area contributed by atoms with Crippen LogP contribution in [-0.4, -0.2) is 20.2 Å². The Morgan fingerprint density at radius 1 is 1.15 bits per heavy atom. The van der Waals surface area contributed by atoms with E-state index in [2.05, 4.69) is 31.5 Å². The summed E-state index contributed by atoms with van der Waals surface area (Å²) < 4.78 is 16.0. The maximum absolute atomic E-state index is 14.0. The van der Waals surface area contributed by atoms with Crippen molar-refractivity contribution in [3.05, 3.63) is 52.8 Å². The zero-order chi connectivity index (χ0) is 14.1. The van der Waals surface area contributed by atoms with Gasteiger partial charge in [-0.25, -0.2) is 4.39 Å². The summed E-state index contributed by atoms with van der Waals surface area (Å²) >= 11 is 3.22. The molecule has 0 amide bonds. The fourth-order valence-corrected chi connectivity index (χ4v) is 2.19. The molecule has 2 aromatic carbocycles. The third-order valence-electron chi connectivity index (χ3n) is 2.75. The van der Waals surface area contributed by atoms with Gasteiger partial charge in [-0.15, -0.1) is 5.10 Å². The standard InChI is InChI=1S/C13H9BrFN5/c14-9-4-5-12(11(15)7-9)20-13(17-18-19-20)8-2-1-3-10(16)6-8/h1-7H,16H2. The molecule has 0 bridgehead atoms. The molecule has 1 heterocycles. The van der Waals surface area contributed by atoms with Gasteiger partial charge in [-0.3, -0.25) is 0 Å². The first-order chi connectivity index (χ1) is 9.65. The summed E-state index contributed by atoms with van der Waals surface area (Å²) in [6.07, 6.45) is 0. The van der Waals surface area contributed by atoms with E-state index in [1.165, 1.54) is 10.7 Å². The zero-order valence-electron chi connectivity index (χ0n) is 10.2. The van der Waals surface area contributed by atoms with Gasteiger partial charge in [-0.2, -0.15) is 4.68 Å². The molecule has 1 aromatic heterocycles. The Kier molecular flexibility index (Phi) is 3.19. The molecule has 0 fully saturated rings. The van der Waals surface area contributed by atoms with Crippen LogP contribution in [-0.2, 0) is 0 Å². The second-order valence-corrected chi connectivity index (χ2v) is 5.05. The normalized spacial score (nSPS) is 10.7. The fourth-order valence-electron chi connectivity index (χ4n) is 1.86. The lowest BCUT2D eigenvalue weighted by molar-refractivity contribution is 0.607. The Morgan fingerprint density at radius 2 is 2.00 bits per heavy atom. The van der Waals surface area contributed by atoms with Crippen LogP contribution >= 0.6 is 15.9 Å². The van der Waals surface area contributed by atoms with Crippen molar-refractivity contribution in [2.75, 3.05) is 5.73 Å². The van der Waals surface area contributed by atoms with Crippen molar-refractivity contribution < 1.29 is 4.39 Å². The average molecular weight is 334 g/mol. The number of nitrogens with zero attached hydrogens (tertiary/aromatic N) is 4. The Bertz CT molecular complexity index is 771. The summed E-state index contributed by atoms with van der Waals surface area (Å²) in [5, 5.41) is 11.4. The molecule has 7 heteroatoms. The fraction of sp³-hybridized carbons (Fsp3) is 0.